The molecular weight excluding hydrogens is 623 g/mol. The lowest BCUT2D eigenvalue weighted by atomic mass is 9.70. The van der Waals surface area contributed by atoms with Gasteiger partial charge in [0, 0.05) is 11.8 Å². The molecule has 296 valence electrons. The predicted molar refractivity (Wildman–Crippen MR) is 229 cm³/mol. The minimum atomic E-state index is -0.435. The normalized spacial score (nSPS) is 22.4. The predicted octanol–water partition coefficient (Wildman–Crippen LogP) is 14.8. The standard InChI is InChI=1S/C25H42.C10H15NO.C9H20O.C4H10/c1-7-9-13-18(3)20(5)25-21(6)19(4)16-24(25)17-22(8-2)23-14-11-10-12-15-23;1-4-5-10(9(3)12)6-8(2)7-11;1-5-8(3)7-9(4,10)6-2;1-3-4-2/h10-12,14-15,18-22,24-25H,7-9,13,16-17H2,1-6H3;5-7,11H,4H2,1-3H3;8,10H,5-7H2,1-4H3;3-4H2,1-2H3/b;8-6-,10-5-,11-7?;;/t18?,19?,20?,21?,22-,24+,25+;;;/m1.../s1. The van der Waals surface area contributed by atoms with Crippen LogP contribution in [-0.2, 0) is 4.79 Å². The van der Waals surface area contributed by atoms with Crippen LogP contribution >= 0.6 is 0 Å². The highest BCUT2D eigenvalue weighted by molar-refractivity contribution is 5.97. The molecule has 0 radical (unpaired) electrons. The van der Waals surface area contributed by atoms with Gasteiger partial charge in [-0.1, -0.05) is 158 Å². The fourth-order valence-corrected chi connectivity index (χ4v) is 7.47. The van der Waals surface area contributed by atoms with Gasteiger partial charge in [0.05, 0.1) is 5.60 Å². The summed E-state index contributed by atoms with van der Waals surface area (Å²) in [5, 5.41) is 16.6. The number of rotatable bonds is 18. The largest absolute Gasteiger partial charge is 0.390 e. The molecule has 3 heteroatoms. The zero-order valence-corrected chi connectivity index (χ0v) is 36.6. The molecule has 0 aromatic heterocycles. The van der Waals surface area contributed by atoms with Crippen LogP contribution in [0.5, 0.6) is 0 Å². The molecule has 2 N–H and O–H groups in total. The Hall–Kier alpha value is -2.00. The molecule has 1 aromatic carbocycles. The van der Waals surface area contributed by atoms with E-state index in [1.807, 2.05) is 26.8 Å². The third-order valence-electron chi connectivity index (χ3n) is 11.8. The fraction of sp³-hybridized carbons (Fsp3) is 0.750. The number of benzene rings is 1. The number of allylic oxidation sites excluding steroid dienone is 4. The van der Waals surface area contributed by atoms with E-state index in [-0.39, 0.29) is 5.78 Å². The molecule has 6 unspecified atom stereocenters. The summed E-state index contributed by atoms with van der Waals surface area (Å²) in [5.74, 6) is 6.79. The van der Waals surface area contributed by atoms with Crippen LogP contribution < -0.4 is 0 Å². The van der Waals surface area contributed by atoms with Crippen LogP contribution in [0.4, 0.5) is 0 Å². The fourth-order valence-electron chi connectivity index (χ4n) is 7.47. The lowest BCUT2D eigenvalue weighted by Gasteiger charge is -2.35. The van der Waals surface area contributed by atoms with Crippen molar-refractivity contribution in [2.45, 2.75) is 192 Å². The summed E-state index contributed by atoms with van der Waals surface area (Å²) in [7, 11) is 0. The Labute approximate surface area is 319 Å². The van der Waals surface area contributed by atoms with E-state index in [0.717, 1.165) is 72.7 Å². The number of Topliss-reactive ketones (excluding diaryl/α,β-unsaturated/α-hetero) is 1. The van der Waals surface area contributed by atoms with Gasteiger partial charge in [-0.15, -0.1) is 0 Å². The van der Waals surface area contributed by atoms with Crippen molar-refractivity contribution in [1.29, 1.82) is 5.41 Å². The zero-order valence-electron chi connectivity index (χ0n) is 36.6. The van der Waals surface area contributed by atoms with Gasteiger partial charge in [0.1, 0.15) is 0 Å². The first-order valence-electron chi connectivity index (χ1n) is 21.2. The minimum Gasteiger partial charge on any atom is -0.390 e. The van der Waals surface area contributed by atoms with Crippen molar-refractivity contribution in [3.8, 4) is 0 Å². The van der Waals surface area contributed by atoms with Gasteiger partial charge in [-0.3, -0.25) is 4.79 Å². The van der Waals surface area contributed by atoms with E-state index in [0.29, 0.717) is 11.5 Å². The number of nitrogens with one attached hydrogen (secondary N) is 1. The second kappa shape index (κ2) is 29.5. The van der Waals surface area contributed by atoms with E-state index in [2.05, 4.69) is 99.6 Å². The van der Waals surface area contributed by atoms with Crippen molar-refractivity contribution in [3.63, 3.8) is 0 Å². The Bertz CT molecular complexity index is 1070. The average molecular weight is 710 g/mol. The molecule has 1 aromatic rings. The summed E-state index contributed by atoms with van der Waals surface area (Å²) < 4.78 is 0. The molecular formula is C48H87NO2. The molecule has 1 aliphatic carbocycles. The summed E-state index contributed by atoms with van der Waals surface area (Å²) in [6.45, 7) is 32.8. The summed E-state index contributed by atoms with van der Waals surface area (Å²) in [6.07, 6.45) is 19.5. The summed E-state index contributed by atoms with van der Waals surface area (Å²) >= 11 is 0. The van der Waals surface area contributed by atoms with Gasteiger partial charge >= 0.3 is 0 Å². The van der Waals surface area contributed by atoms with E-state index >= 15 is 0 Å². The van der Waals surface area contributed by atoms with Crippen LogP contribution in [0.2, 0.25) is 0 Å². The quantitative estimate of drug-likeness (QED) is 0.0905. The molecule has 2 rings (SSSR count). The third kappa shape index (κ3) is 22.0. The van der Waals surface area contributed by atoms with E-state index < -0.39 is 5.60 Å². The van der Waals surface area contributed by atoms with Gasteiger partial charge in [-0.25, -0.2) is 0 Å². The van der Waals surface area contributed by atoms with Gasteiger partial charge in [0.15, 0.2) is 5.78 Å². The highest BCUT2D eigenvalue weighted by Gasteiger charge is 2.42. The number of carbonyl (C=O) groups excluding carboxylic acids is 1. The summed E-state index contributed by atoms with van der Waals surface area (Å²) in [5.41, 5.74) is 2.61. The molecule has 1 aliphatic rings. The van der Waals surface area contributed by atoms with Crippen molar-refractivity contribution in [1.82, 2.24) is 0 Å². The Morgan fingerprint density at radius 2 is 1.53 bits per heavy atom. The zero-order chi connectivity index (χ0) is 39.6. The molecule has 0 bridgehead atoms. The Balaban J connectivity index is 0. The van der Waals surface area contributed by atoms with Gasteiger partial charge < -0.3 is 10.5 Å². The Morgan fingerprint density at radius 1 is 0.941 bits per heavy atom. The lowest BCUT2D eigenvalue weighted by molar-refractivity contribution is -0.113. The van der Waals surface area contributed by atoms with Gasteiger partial charge in [0.25, 0.3) is 0 Å². The summed E-state index contributed by atoms with van der Waals surface area (Å²) in [4.78, 5) is 11.0. The monoisotopic (exact) mass is 710 g/mol. The van der Waals surface area contributed by atoms with Crippen molar-refractivity contribution >= 4 is 12.0 Å². The SMILES string of the molecule is CC/C=C(/C=C(/C)C=N)C(C)=O.CCC(C)CC(C)(O)CC.CCCC.CCCCC(C)C(C)[C@H]1C(C)C(C)C[C@H]1C[C@@H](CC)c1ccccc1. The molecule has 0 amide bonds. The molecule has 0 saturated heterocycles. The van der Waals surface area contributed by atoms with E-state index in [9.17, 15) is 9.90 Å². The van der Waals surface area contributed by atoms with Crippen LogP contribution in [0.3, 0.4) is 0 Å². The van der Waals surface area contributed by atoms with Crippen LogP contribution in [0, 0.1) is 46.8 Å². The van der Waals surface area contributed by atoms with E-state index in [1.54, 1.807) is 18.6 Å². The second-order valence-corrected chi connectivity index (χ2v) is 16.4. The highest BCUT2D eigenvalue weighted by atomic mass is 16.3. The maximum absolute atomic E-state index is 11.0. The van der Waals surface area contributed by atoms with E-state index in [1.165, 1.54) is 64.5 Å². The highest BCUT2D eigenvalue weighted by Crippen LogP contribution is 2.51. The van der Waals surface area contributed by atoms with Gasteiger partial charge in [-0.05, 0) is 124 Å². The Morgan fingerprint density at radius 3 is 1.96 bits per heavy atom. The lowest BCUT2D eigenvalue weighted by Crippen LogP contribution is -2.28. The Kier molecular flexibility index (Phi) is 29.5. The number of carbonyl (C=O) groups is 1. The molecule has 0 heterocycles. The molecule has 0 spiro atoms. The first-order chi connectivity index (χ1) is 24.0. The molecule has 51 heavy (non-hydrogen) atoms. The first-order valence-corrected chi connectivity index (χ1v) is 21.2. The van der Waals surface area contributed by atoms with Crippen LogP contribution in [0.1, 0.15) is 192 Å². The molecule has 9 atom stereocenters. The minimum absolute atomic E-state index is 0.0538. The molecule has 1 saturated carbocycles. The molecule has 0 aliphatic heterocycles. The van der Waals surface area contributed by atoms with Gasteiger partial charge in [-0.2, -0.15) is 0 Å². The number of hydrogen-bond donors (Lipinski definition) is 2. The van der Waals surface area contributed by atoms with Crippen molar-refractivity contribution in [2.75, 3.05) is 0 Å². The van der Waals surface area contributed by atoms with Crippen molar-refractivity contribution < 1.29 is 9.90 Å². The van der Waals surface area contributed by atoms with E-state index in [4.69, 9.17) is 5.41 Å². The summed E-state index contributed by atoms with van der Waals surface area (Å²) in [6, 6.07) is 11.3. The maximum Gasteiger partial charge on any atom is 0.159 e. The second-order valence-electron chi connectivity index (χ2n) is 16.4. The number of hydrogen-bond acceptors (Lipinski definition) is 3. The molecule has 1 fully saturated rings. The maximum atomic E-state index is 11.0. The smallest absolute Gasteiger partial charge is 0.159 e. The van der Waals surface area contributed by atoms with Crippen molar-refractivity contribution in [3.05, 3.63) is 59.2 Å². The first kappa shape index (κ1) is 51.1. The topological polar surface area (TPSA) is 61.2 Å². The van der Waals surface area contributed by atoms with Crippen LogP contribution in [0.25, 0.3) is 0 Å². The average Bonchev–Trinajstić information content (AvgIpc) is 3.40. The third-order valence-corrected chi connectivity index (χ3v) is 11.8. The number of unbranched alkanes of at least 4 members (excludes halogenated alkanes) is 2. The van der Waals surface area contributed by atoms with Crippen LogP contribution in [0.15, 0.2) is 53.6 Å². The number of aliphatic hydroxyl groups is 1. The van der Waals surface area contributed by atoms with Crippen molar-refractivity contribution in [2.24, 2.45) is 41.4 Å². The van der Waals surface area contributed by atoms with Gasteiger partial charge in [0.2, 0.25) is 0 Å². The molecule has 3 nitrogen and oxygen atoms in total. The number of ketones is 1. The van der Waals surface area contributed by atoms with Crippen LogP contribution in [-0.4, -0.2) is 22.7 Å².